The van der Waals surface area contributed by atoms with E-state index in [0.29, 0.717) is 0 Å². The van der Waals surface area contributed by atoms with Crippen LogP contribution in [0.5, 0.6) is 0 Å². The van der Waals surface area contributed by atoms with Gasteiger partial charge < -0.3 is 15.2 Å². The number of rotatable bonds is 1. The van der Waals surface area contributed by atoms with E-state index in [9.17, 15) is 0 Å². The van der Waals surface area contributed by atoms with E-state index in [1.165, 1.54) is 22.2 Å². The normalized spacial score (nSPS) is 14.1. The van der Waals surface area contributed by atoms with Gasteiger partial charge in [0.1, 0.15) is 0 Å². The van der Waals surface area contributed by atoms with Crippen LogP contribution in [-0.4, -0.2) is 11.1 Å². The van der Waals surface area contributed by atoms with Crippen molar-refractivity contribution in [2.45, 2.75) is 6.42 Å². The van der Waals surface area contributed by atoms with Crippen molar-refractivity contribution in [1.82, 2.24) is 4.57 Å². The molecule has 0 saturated carbocycles. The molecule has 0 amide bonds. The highest BCUT2D eigenvalue weighted by atomic mass is 79.9. The van der Waals surface area contributed by atoms with E-state index < -0.39 is 0 Å². The second-order valence-corrected chi connectivity index (χ2v) is 6.75. The van der Waals surface area contributed by atoms with Crippen LogP contribution in [-0.2, 0) is 7.05 Å². The Balaban J connectivity index is 1.96. The minimum atomic E-state index is 0.892. The van der Waals surface area contributed by atoms with Crippen molar-refractivity contribution in [2.75, 3.05) is 17.2 Å². The van der Waals surface area contributed by atoms with Crippen molar-refractivity contribution in [3.05, 3.63) is 59.2 Å². The first-order valence-corrected chi connectivity index (χ1v) is 8.50. The van der Waals surface area contributed by atoms with Gasteiger partial charge in [-0.1, -0.05) is 30.8 Å². The van der Waals surface area contributed by atoms with E-state index in [-0.39, 0.29) is 0 Å². The van der Waals surface area contributed by atoms with Gasteiger partial charge in [-0.05, 0) is 34.1 Å². The highest BCUT2D eigenvalue weighted by Crippen LogP contribution is 2.39. The second kappa shape index (κ2) is 5.46. The molecule has 1 aliphatic rings. The molecule has 3 aromatic rings. The minimum Gasteiger partial charge on any atom is -0.382 e. The van der Waals surface area contributed by atoms with Crippen molar-refractivity contribution in [3.63, 3.8) is 0 Å². The molecule has 0 fully saturated rings. The van der Waals surface area contributed by atoms with Crippen molar-refractivity contribution in [1.29, 1.82) is 0 Å². The monoisotopic (exact) mass is 367 g/mol. The maximum absolute atomic E-state index is 4.08. The highest BCUT2D eigenvalue weighted by Gasteiger charge is 2.17. The third-order valence-corrected chi connectivity index (χ3v) is 5.03. The largest absolute Gasteiger partial charge is 0.382 e. The predicted molar refractivity (Wildman–Crippen MR) is 102 cm³/mol. The van der Waals surface area contributed by atoms with Crippen LogP contribution in [0.3, 0.4) is 0 Å². The maximum Gasteiger partial charge on any atom is 0.0674 e. The van der Waals surface area contributed by atoms with Gasteiger partial charge in [0.05, 0.1) is 22.6 Å². The summed E-state index contributed by atoms with van der Waals surface area (Å²) in [6.45, 7) is 4.97. The Hall–Kier alpha value is -2.20. The van der Waals surface area contributed by atoms with Crippen LogP contribution in [0.1, 0.15) is 6.42 Å². The highest BCUT2D eigenvalue weighted by molar-refractivity contribution is 9.10. The molecule has 116 valence electrons. The summed E-state index contributed by atoms with van der Waals surface area (Å²) in [7, 11) is 2.12. The lowest BCUT2D eigenvalue weighted by Crippen LogP contribution is -2.02. The molecule has 2 N–H and O–H groups in total. The van der Waals surface area contributed by atoms with E-state index in [1.54, 1.807) is 0 Å². The number of hydrogen-bond donors (Lipinski definition) is 2. The van der Waals surface area contributed by atoms with Gasteiger partial charge in [0, 0.05) is 41.1 Å². The maximum atomic E-state index is 4.08. The first-order chi connectivity index (χ1) is 11.1. The Morgan fingerprint density at radius 3 is 2.83 bits per heavy atom. The van der Waals surface area contributed by atoms with Gasteiger partial charge in [0.25, 0.3) is 0 Å². The Morgan fingerprint density at radius 1 is 1.17 bits per heavy atom. The van der Waals surface area contributed by atoms with Gasteiger partial charge in [0.2, 0.25) is 0 Å². The van der Waals surface area contributed by atoms with Crippen molar-refractivity contribution < 1.29 is 0 Å². The summed E-state index contributed by atoms with van der Waals surface area (Å²) >= 11 is 3.67. The summed E-state index contributed by atoms with van der Waals surface area (Å²) in [6.07, 6.45) is 0.925. The molecule has 0 radical (unpaired) electrons. The van der Waals surface area contributed by atoms with Gasteiger partial charge in [-0.25, -0.2) is 0 Å². The Labute approximate surface area is 144 Å². The van der Waals surface area contributed by atoms with Crippen molar-refractivity contribution in [2.24, 2.45) is 7.05 Å². The Bertz CT molecular complexity index is 924. The van der Waals surface area contributed by atoms with Crippen molar-refractivity contribution in [3.8, 4) is 11.3 Å². The number of nitrogens with one attached hydrogen (secondary N) is 2. The zero-order valence-corrected chi connectivity index (χ0v) is 14.6. The number of aryl methyl sites for hydroxylation is 1. The van der Waals surface area contributed by atoms with Gasteiger partial charge in [-0.3, -0.25) is 0 Å². The lowest BCUT2D eigenvalue weighted by Gasteiger charge is -2.15. The molecule has 0 atom stereocenters. The summed E-state index contributed by atoms with van der Waals surface area (Å²) in [6, 6.07) is 14.9. The summed E-state index contributed by atoms with van der Waals surface area (Å²) in [4.78, 5) is 0. The standard InChI is InChI=1S/C19H18BrN3/c1-12-9-10-21-18-14(6-4-8-16(18)22-12)17-11-13-5-3-7-15(20)19(13)23(17)2/h3-8,11,21-22H,1,9-10H2,2H3. The minimum absolute atomic E-state index is 0.892. The zero-order chi connectivity index (χ0) is 16.0. The number of fused-ring (bicyclic) bond motifs is 2. The molecule has 0 aliphatic carbocycles. The fourth-order valence-corrected chi connectivity index (χ4v) is 3.92. The van der Waals surface area contributed by atoms with Crippen LogP contribution in [0, 0.1) is 0 Å². The average Bonchev–Trinajstić information content (AvgIpc) is 2.74. The molecule has 0 spiro atoms. The number of benzene rings is 2. The molecular formula is C19H18BrN3. The second-order valence-electron chi connectivity index (χ2n) is 5.90. The quantitative estimate of drug-likeness (QED) is 0.606. The predicted octanol–water partition coefficient (Wildman–Crippen LogP) is 5.35. The smallest absolute Gasteiger partial charge is 0.0674 e. The summed E-state index contributed by atoms with van der Waals surface area (Å²) in [5.74, 6) is 0. The summed E-state index contributed by atoms with van der Waals surface area (Å²) in [5.41, 5.74) is 6.91. The van der Waals surface area contributed by atoms with Crippen molar-refractivity contribution >= 4 is 38.2 Å². The van der Waals surface area contributed by atoms with Crippen LogP contribution in [0.4, 0.5) is 11.4 Å². The van der Waals surface area contributed by atoms with E-state index in [0.717, 1.165) is 34.5 Å². The molecule has 4 rings (SSSR count). The third kappa shape index (κ3) is 2.34. The van der Waals surface area contributed by atoms with Crippen LogP contribution in [0.2, 0.25) is 0 Å². The average molecular weight is 368 g/mol. The lowest BCUT2D eigenvalue weighted by molar-refractivity contribution is 0.975. The Kier molecular flexibility index (Phi) is 3.42. The molecule has 3 nitrogen and oxygen atoms in total. The van der Waals surface area contributed by atoms with E-state index in [4.69, 9.17) is 0 Å². The topological polar surface area (TPSA) is 29.0 Å². The fraction of sp³-hybridized carbons (Fsp3) is 0.158. The van der Waals surface area contributed by atoms with Crippen LogP contribution >= 0.6 is 15.9 Å². The molecule has 1 aromatic heterocycles. The Morgan fingerprint density at radius 2 is 2.00 bits per heavy atom. The molecule has 0 unspecified atom stereocenters. The molecule has 0 bridgehead atoms. The third-order valence-electron chi connectivity index (χ3n) is 4.39. The zero-order valence-electron chi connectivity index (χ0n) is 13.0. The van der Waals surface area contributed by atoms with Crippen LogP contribution < -0.4 is 10.6 Å². The van der Waals surface area contributed by atoms with Gasteiger partial charge in [-0.2, -0.15) is 0 Å². The van der Waals surface area contributed by atoms with Gasteiger partial charge >= 0.3 is 0 Å². The first kappa shape index (κ1) is 14.4. The number of aromatic nitrogens is 1. The number of anilines is 2. The molecule has 2 heterocycles. The van der Waals surface area contributed by atoms with Gasteiger partial charge in [0.15, 0.2) is 0 Å². The van der Waals surface area contributed by atoms with E-state index in [2.05, 4.69) is 87.2 Å². The fourth-order valence-electron chi connectivity index (χ4n) is 3.28. The SMILES string of the molecule is C=C1CCNc2c(cccc2-c2cc3cccc(Br)c3n2C)N1. The molecule has 4 heteroatoms. The lowest BCUT2D eigenvalue weighted by atomic mass is 10.1. The molecule has 1 aliphatic heterocycles. The van der Waals surface area contributed by atoms with Crippen LogP contribution in [0.25, 0.3) is 22.2 Å². The number of hydrogen-bond acceptors (Lipinski definition) is 2. The molecule has 23 heavy (non-hydrogen) atoms. The molecule has 0 saturated heterocycles. The van der Waals surface area contributed by atoms with E-state index >= 15 is 0 Å². The number of nitrogens with zero attached hydrogens (tertiary/aromatic N) is 1. The first-order valence-electron chi connectivity index (χ1n) is 7.71. The van der Waals surface area contributed by atoms with E-state index in [1.807, 2.05) is 0 Å². The molecular weight excluding hydrogens is 350 g/mol. The van der Waals surface area contributed by atoms with Gasteiger partial charge in [-0.15, -0.1) is 0 Å². The number of para-hydroxylation sites is 2. The summed E-state index contributed by atoms with van der Waals surface area (Å²) < 4.78 is 3.36. The number of halogens is 1. The van der Waals surface area contributed by atoms with Crippen LogP contribution in [0.15, 0.2) is 59.2 Å². The summed E-state index contributed by atoms with van der Waals surface area (Å²) in [5, 5.41) is 8.22. The molecule has 2 aromatic carbocycles.